The monoisotopic (exact) mass is 340 g/mol. The minimum atomic E-state index is 0.128. The molecule has 2 aromatic carbocycles. The molecule has 1 saturated heterocycles. The van der Waals surface area contributed by atoms with Crippen LogP contribution in [0, 0.1) is 5.92 Å². The summed E-state index contributed by atoms with van der Waals surface area (Å²) in [6.45, 7) is 2.25. The number of benzene rings is 2. The van der Waals surface area contributed by atoms with Gasteiger partial charge in [-0.2, -0.15) is 0 Å². The molecule has 0 aliphatic carbocycles. The van der Waals surface area contributed by atoms with Crippen LogP contribution in [-0.4, -0.2) is 42.7 Å². The molecule has 0 radical (unpaired) electrons. The molecule has 132 valence electrons. The van der Waals surface area contributed by atoms with Crippen LogP contribution in [-0.2, 0) is 17.8 Å². The third-order valence-electron chi connectivity index (χ3n) is 4.53. The van der Waals surface area contributed by atoms with Gasteiger partial charge >= 0.3 is 0 Å². The summed E-state index contributed by atoms with van der Waals surface area (Å²) in [7, 11) is 1.66. The Labute approximate surface area is 148 Å². The second-order valence-corrected chi connectivity index (χ2v) is 6.42. The van der Waals surface area contributed by atoms with Crippen molar-refractivity contribution in [2.45, 2.75) is 13.0 Å². The highest BCUT2D eigenvalue weighted by atomic mass is 16.5. The molecule has 0 aromatic heterocycles. The van der Waals surface area contributed by atoms with Crippen LogP contribution in [0.3, 0.4) is 0 Å². The van der Waals surface area contributed by atoms with Gasteiger partial charge < -0.3 is 20.1 Å². The van der Waals surface area contributed by atoms with Crippen molar-refractivity contribution in [3.8, 4) is 5.75 Å². The predicted octanol–water partition coefficient (Wildman–Crippen LogP) is 2.30. The Balaban J connectivity index is 1.47. The molecule has 1 fully saturated rings. The first-order chi connectivity index (χ1) is 12.2. The lowest BCUT2D eigenvalue weighted by molar-refractivity contribution is -0.137. The highest BCUT2D eigenvalue weighted by molar-refractivity contribution is 5.79. The van der Waals surface area contributed by atoms with Crippen LogP contribution in [0.2, 0.25) is 0 Å². The zero-order valence-corrected chi connectivity index (χ0v) is 14.4. The molecule has 0 atom stereocenters. The minimum absolute atomic E-state index is 0.128. The van der Waals surface area contributed by atoms with Crippen LogP contribution >= 0.6 is 0 Å². The Morgan fingerprint density at radius 1 is 1.12 bits per heavy atom. The van der Waals surface area contributed by atoms with Gasteiger partial charge in [-0.05, 0) is 35.4 Å². The summed E-state index contributed by atoms with van der Waals surface area (Å²) in [5.41, 5.74) is 3.21. The number of methoxy groups -OCH3 is 1. The number of anilines is 1. The van der Waals surface area contributed by atoms with Gasteiger partial charge in [0.1, 0.15) is 5.75 Å². The largest absolute Gasteiger partial charge is 0.497 e. The maximum atomic E-state index is 12.1. The number of nitrogens with one attached hydrogen (secondary N) is 1. The summed E-state index contributed by atoms with van der Waals surface area (Å²) in [5.74, 6) is 1.24. The summed E-state index contributed by atoms with van der Waals surface area (Å²) in [6, 6.07) is 15.9. The fourth-order valence-corrected chi connectivity index (χ4v) is 2.86. The lowest BCUT2D eigenvalue weighted by Crippen LogP contribution is -2.51. The Morgan fingerprint density at radius 2 is 1.76 bits per heavy atom. The molecule has 5 heteroatoms. The number of hydrogen-bond acceptors (Lipinski definition) is 4. The summed E-state index contributed by atoms with van der Waals surface area (Å²) < 4.78 is 5.15. The van der Waals surface area contributed by atoms with Crippen molar-refractivity contribution in [1.29, 1.82) is 0 Å². The van der Waals surface area contributed by atoms with E-state index in [9.17, 15) is 4.79 Å². The maximum Gasteiger partial charge on any atom is 0.227 e. The van der Waals surface area contributed by atoms with E-state index in [-0.39, 0.29) is 18.4 Å². The van der Waals surface area contributed by atoms with Gasteiger partial charge in [-0.3, -0.25) is 4.79 Å². The quantitative estimate of drug-likeness (QED) is 0.812. The second-order valence-electron chi connectivity index (χ2n) is 6.42. The zero-order chi connectivity index (χ0) is 17.6. The van der Waals surface area contributed by atoms with Crippen LogP contribution in [0.25, 0.3) is 0 Å². The normalized spacial score (nSPS) is 14.1. The van der Waals surface area contributed by atoms with E-state index in [1.807, 2.05) is 48.5 Å². The molecular formula is C20H24N2O3. The van der Waals surface area contributed by atoms with Gasteiger partial charge in [0.15, 0.2) is 0 Å². The van der Waals surface area contributed by atoms with Gasteiger partial charge in [0.2, 0.25) is 5.91 Å². The number of ether oxygens (including phenoxy) is 1. The van der Waals surface area contributed by atoms with Crippen LogP contribution in [0.1, 0.15) is 11.1 Å². The molecule has 1 amide bonds. The smallest absolute Gasteiger partial charge is 0.227 e. The van der Waals surface area contributed by atoms with Crippen LogP contribution < -0.4 is 10.1 Å². The second kappa shape index (κ2) is 8.03. The topological polar surface area (TPSA) is 61.8 Å². The number of aliphatic hydroxyl groups excluding tert-OH is 1. The number of carbonyl (C=O) groups excluding carboxylic acids is 1. The highest BCUT2D eigenvalue weighted by Crippen LogP contribution is 2.18. The van der Waals surface area contributed by atoms with Crippen molar-refractivity contribution < 1.29 is 14.6 Å². The number of likely N-dealkylation sites (tertiary alicyclic amines) is 1. The summed E-state index contributed by atoms with van der Waals surface area (Å²) in [6.07, 6.45) is 0.414. The molecular weight excluding hydrogens is 316 g/mol. The number of carbonyl (C=O) groups is 1. The van der Waals surface area contributed by atoms with Crippen molar-refractivity contribution >= 4 is 11.6 Å². The lowest BCUT2D eigenvalue weighted by atomic mass is 10.00. The first kappa shape index (κ1) is 17.3. The molecule has 0 spiro atoms. The standard InChI is InChI=1S/C20H24N2O3/c1-25-19-8-4-16(5-9-19)11-21-18-6-2-15(3-7-18)10-20(24)22-12-17(13-22)14-23/h2-9,17,21,23H,10-14H2,1H3. The summed E-state index contributed by atoms with van der Waals surface area (Å²) in [5, 5.41) is 12.4. The number of aliphatic hydroxyl groups is 1. The first-order valence-electron chi connectivity index (χ1n) is 8.52. The molecule has 1 aliphatic rings. The van der Waals surface area contributed by atoms with Gasteiger partial charge in [-0.25, -0.2) is 0 Å². The average molecular weight is 340 g/mol. The lowest BCUT2D eigenvalue weighted by Gasteiger charge is -2.38. The fraction of sp³-hybridized carbons (Fsp3) is 0.350. The minimum Gasteiger partial charge on any atom is -0.497 e. The van der Waals surface area contributed by atoms with E-state index in [0.717, 1.165) is 23.5 Å². The molecule has 0 saturated carbocycles. The predicted molar refractivity (Wildman–Crippen MR) is 97.6 cm³/mol. The molecule has 2 N–H and O–H groups in total. The van der Waals surface area contributed by atoms with Crippen LogP contribution in [0.4, 0.5) is 5.69 Å². The van der Waals surface area contributed by atoms with E-state index in [1.165, 1.54) is 5.56 Å². The Bertz CT molecular complexity index is 692. The molecule has 1 heterocycles. The van der Waals surface area contributed by atoms with E-state index in [4.69, 9.17) is 9.84 Å². The molecule has 2 aromatic rings. The van der Waals surface area contributed by atoms with Crippen molar-refractivity contribution in [3.63, 3.8) is 0 Å². The zero-order valence-electron chi connectivity index (χ0n) is 14.4. The summed E-state index contributed by atoms with van der Waals surface area (Å²) in [4.78, 5) is 13.9. The van der Waals surface area contributed by atoms with E-state index in [1.54, 1.807) is 12.0 Å². The van der Waals surface area contributed by atoms with Crippen molar-refractivity contribution in [3.05, 3.63) is 59.7 Å². The Morgan fingerprint density at radius 3 is 2.36 bits per heavy atom. The van der Waals surface area contributed by atoms with Crippen LogP contribution in [0.15, 0.2) is 48.5 Å². The SMILES string of the molecule is COc1ccc(CNc2ccc(CC(=O)N3CC(CO)C3)cc2)cc1. The molecule has 1 aliphatic heterocycles. The molecule has 3 rings (SSSR count). The summed E-state index contributed by atoms with van der Waals surface area (Å²) >= 11 is 0. The molecule has 5 nitrogen and oxygen atoms in total. The van der Waals surface area contributed by atoms with E-state index in [2.05, 4.69) is 5.32 Å². The fourth-order valence-electron chi connectivity index (χ4n) is 2.86. The Kier molecular flexibility index (Phi) is 5.56. The van der Waals surface area contributed by atoms with Gasteiger partial charge in [0.05, 0.1) is 13.5 Å². The van der Waals surface area contributed by atoms with E-state index < -0.39 is 0 Å². The van der Waals surface area contributed by atoms with E-state index in [0.29, 0.717) is 19.5 Å². The van der Waals surface area contributed by atoms with Gasteiger partial charge in [-0.15, -0.1) is 0 Å². The molecule has 25 heavy (non-hydrogen) atoms. The van der Waals surface area contributed by atoms with Crippen molar-refractivity contribution in [2.24, 2.45) is 5.92 Å². The highest BCUT2D eigenvalue weighted by Gasteiger charge is 2.29. The Hall–Kier alpha value is -2.53. The van der Waals surface area contributed by atoms with Gasteiger partial charge in [0, 0.05) is 37.8 Å². The number of amides is 1. The van der Waals surface area contributed by atoms with E-state index >= 15 is 0 Å². The molecule has 0 bridgehead atoms. The average Bonchev–Trinajstić information content (AvgIpc) is 2.61. The number of nitrogens with zero attached hydrogens (tertiary/aromatic N) is 1. The first-order valence-corrected chi connectivity index (χ1v) is 8.52. The number of rotatable bonds is 7. The third kappa shape index (κ3) is 4.51. The van der Waals surface area contributed by atoms with Gasteiger partial charge in [-0.1, -0.05) is 24.3 Å². The van der Waals surface area contributed by atoms with Crippen molar-refractivity contribution in [1.82, 2.24) is 4.90 Å². The van der Waals surface area contributed by atoms with Crippen molar-refractivity contribution in [2.75, 3.05) is 32.1 Å². The van der Waals surface area contributed by atoms with Gasteiger partial charge in [0.25, 0.3) is 0 Å². The number of hydrogen-bond donors (Lipinski definition) is 2. The third-order valence-corrected chi connectivity index (χ3v) is 4.53. The molecule has 0 unspecified atom stereocenters. The maximum absolute atomic E-state index is 12.1. The van der Waals surface area contributed by atoms with Crippen LogP contribution in [0.5, 0.6) is 5.75 Å².